The summed E-state index contributed by atoms with van der Waals surface area (Å²) in [7, 11) is 1.60. The van der Waals surface area contributed by atoms with Crippen LogP contribution in [0.15, 0.2) is 0 Å². The molecular weight excluding hydrogens is 316 g/mol. The summed E-state index contributed by atoms with van der Waals surface area (Å²) in [6.45, 7) is 4.89. The Bertz CT molecular complexity index is 293. The Hall–Kier alpha value is -0.280. The standard InChI is InChI=1S/C17H32O7/c1-18-14-24-15(11-20-12-16-13-23-16)10-19-7-4-5-9-22-17-6-2-3-8-21-17/h15-17H,2-14H2,1H3. The van der Waals surface area contributed by atoms with Crippen molar-refractivity contribution in [2.75, 3.05) is 60.2 Å². The third-order valence-corrected chi connectivity index (χ3v) is 3.86. The summed E-state index contributed by atoms with van der Waals surface area (Å²) >= 11 is 0. The van der Waals surface area contributed by atoms with E-state index in [1.54, 1.807) is 7.11 Å². The molecule has 142 valence electrons. The minimum atomic E-state index is -0.115. The highest BCUT2D eigenvalue weighted by Gasteiger charge is 2.23. The van der Waals surface area contributed by atoms with Crippen LogP contribution in [0.25, 0.3) is 0 Å². The minimum Gasteiger partial charge on any atom is -0.379 e. The molecule has 0 aromatic rings. The molecule has 0 saturated carbocycles. The van der Waals surface area contributed by atoms with E-state index in [1.807, 2.05) is 0 Å². The zero-order valence-corrected chi connectivity index (χ0v) is 14.8. The van der Waals surface area contributed by atoms with Crippen molar-refractivity contribution in [3.05, 3.63) is 0 Å². The van der Waals surface area contributed by atoms with Crippen molar-refractivity contribution in [1.82, 2.24) is 0 Å². The molecule has 2 heterocycles. The maximum Gasteiger partial charge on any atom is 0.157 e. The maximum absolute atomic E-state index is 5.69. The van der Waals surface area contributed by atoms with Crippen LogP contribution in [0.5, 0.6) is 0 Å². The van der Waals surface area contributed by atoms with Crippen LogP contribution in [0.3, 0.4) is 0 Å². The minimum absolute atomic E-state index is 0.000844. The Balaban J connectivity index is 1.41. The molecule has 0 aromatic heterocycles. The Labute approximate surface area is 144 Å². The molecule has 0 amide bonds. The molecule has 0 bridgehead atoms. The third-order valence-electron chi connectivity index (χ3n) is 3.86. The van der Waals surface area contributed by atoms with Crippen LogP contribution in [0.4, 0.5) is 0 Å². The van der Waals surface area contributed by atoms with Crippen LogP contribution in [0.1, 0.15) is 32.1 Å². The number of hydrogen-bond acceptors (Lipinski definition) is 7. The number of hydrogen-bond donors (Lipinski definition) is 0. The number of rotatable bonds is 15. The van der Waals surface area contributed by atoms with Gasteiger partial charge >= 0.3 is 0 Å². The lowest BCUT2D eigenvalue weighted by Crippen LogP contribution is -2.27. The highest BCUT2D eigenvalue weighted by atomic mass is 16.7. The molecule has 7 heteroatoms. The molecule has 2 saturated heterocycles. The smallest absolute Gasteiger partial charge is 0.157 e. The van der Waals surface area contributed by atoms with Crippen LogP contribution >= 0.6 is 0 Å². The van der Waals surface area contributed by atoms with Crippen molar-refractivity contribution < 1.29 is 33.2 Å². The zero-order valence-electron chi connectivity index (χ0n) is 14.8. The molecule has 24 heavy (non-hydrogen) atoms. The second kappa shape index (κ2) is 13.0. The first-order valence-electron chi connectivity index (χ1n) is 8.99. The maximum atomic E-state index is 5.69. The summed E-state index contributed by atoms with van der Waals surface area (Å²) in [6, 6.07) is 0. The molecule has 3 atom stereocenters. The van der Waals surface area contributed by atoms with E-state index in [2.05, 4.69) is 0 Å². The van der Waals surface area contributed by atoms with Crippen molar-refractivity contribution >= 4 is 0 Å². The van der Waals surface area contributed by atoms with Crippen molar-refractivity contribution in [2.24, 2.45) is 0 Å². The van der Waals surface area contributed by atoms with Crippen LogP contribution < -0.4 is 0 Å². The van der Waals surface area contributed by atoms with Gasteiger partial charge in [-0.15, -0.1) is 0 Å². The van der Waals surface area contributed by atoms with Crippen LogP contribution in [0.2, 0.25) is 0 Å². The summed E-state index contributed by atoms with van der Waals surface area (Å²) in [5, 5.41) is 0. The van der Waals surface area contributed by atoms with Gasteiger partial charge < -0.3 is 33.2 Å². The molecule has 0 aliphatic carbocycles. The quantitative estimate of drug-likeness (QED) is 0.254. The Kier molecular flexibility index (Phi) is 10.8. The molecule has 2 fully saturated rings. The van der Waals surface area contributed by atoms with Gasteiger partial charge in [0, 0.05) is 26.9 Å². The van der Waals surface area contributed by atoms with E-state index < -0.39 is 0 Å². The highest BCUT2D eigenvalue weighted by Crippen LogP contribution is 2.14. The van der Waals surface area contributed by atoms with E-state index in [4.69, 9.17) is 33.2 Å². The van der Waals surface area contributed by atoms with Crippen molar-refractivity contribution in [3.63, 3.8) is 0 Å². The molecule has 2 aliphatic rings. The van der Waals surface area contributed by atoms with E-state index in [1.165, 1.54) is 6.42 Å². The van der Waals surface area contributed by atoms with Gasteiger partial charge in [0.2, 0.25) is 0 Å². The summed E-state index contributed by atoms with van der Waals surface area (Å²) in [5.74, 6) is 0. The van der Waals surface area contributed by atoms with Crippen molar-refractivity contribution in [1.29, 1.82) is 0 Å². The van der Waals surface area contributed by atoms with Gasteiger partial charge in [-0.2, -0.15) is 0 Å². The normalized spacial score (nSPS) is 24.9. The largest absolute Gasteiger partial charge is 0.379 e. The van der Waals surface area contributed by atoms with Gasteiger partial charge in [0.25, 0.3) is 0 Å². The predicted molar refractivity (Wildman–Crippen MR) is 86.9 cm³/mol. The van der Waals surface area contributed by atoms with Crippen LogP contribution in [-0.4, -0.2) is 78.6 Å². The number of methoxy groups -OCH3 is 1. The SMILES string of the molecule is COCOC(COCCCCOC1CCCCO1)COCC1CO1. The summed E-state index contributed by atoms with van der Waals surface area (Å²) in [6.07, 6.45) is 5.44. The zero-order chi connectivity index (χ0) is 16.9. The van der Waals surface area contributed by atoms with E-state index in [-0.39, 0.29) is 25.3 Å². The first-order valence-corrected chi connectivity index (χ1v) is 8.99. The lowest BCUT2D eigenvalue weighted by Gasteiger charge is -2.22. The summed E-state index contributed by atoms with van der Waals surface area (Å²) in [4.78, 5) is 0. The van der Waals surface area contributed by atoms with Gasteiger partial charge in [0.05, 0.1) is 26.4 Å². The third kappa shape index (κ3) is 9.88. The predicted octanol–water partition coefficient (Wildman–Crippen LogP) is 1.73. The molecule has 3 unspecified atom stereocenters. The van der Waals surface area contributed by atoms with E-state index >= 15 is 0 Å². The van der Waals surface area contributed by atoms with E-state index in [9.17, 15) is 0 Å². The van der Waals surface area contributed by atoms with Crippen LogP contribution in [-0.2, 0) is 33.2 Å². The molecule has 0 spiro atoms. The molecule has 0 radical (unpaired) electrons. The van der Waals surface area contributed by atoms with Crippen molar-refractivity contribution in [2.45, 2.75) is 50.6 Å². The Morgan fingerprint density at radius 2 is 1.88 bits per heavy atom. The summed E-state index contributed by atoms with van der Waals surface area (Å²) in [5.41, 5.74) is 0. The molecule has 0 N–H and O–H groups in total. The van der Waals surface area contributed by atoms with Gasteiger partial charge in [-0.05, 0) is 32.1 Å². The molecule has 0 aromatic carbocycles. The fourth-order valence-corrected chi connectivity index (χ4v) is 2.38. The Morgan fingerprint density at radius 3 is 2.62 bits per heavy atom. The molecule has 7 nitrogen and oxygen atoms in total. The number of ether oxygens (including phenoxy) is 7. The average Bonchev–Trinajstić information content (AvgIpc) is 3.43. The number of unbranched alkanes of at least 4 members (excludes halogenated alkanes) is 1. The van der Waals surface area contributed by atoms with E-state index in [0.29, 0.717) is 26.4 Å². The van der Waals surface area contributed by atoms with Gasteiger partial charge in [0.15, 0.2) is 6.29 Å². The first-order chi connectivity index (χ1) is 11.9. The lowest BCUT2D eigenvalue weighted by molar-refractivity contribution is -0.163. The lowest BCUT2D eigenvalue weighted by atomic mass is 10.2. The fourth-order valence-electron chi connectivity index (χ4n) is 2.38. The number of epoxide rings is 1. The fraction of sp³-hybridized carbons (Fsp3) is 1.00. The molecule has 2 rings (SSSR count). The van der Waals surface area contributed by atoms with E-state index in [0.717, 1.165) is 45.5 Å². The van der Waals surface area contributed by atoms with Gasteiger partial charge in [0.1, 0.15) is 19.0 Å². The first kappa shape index (κ1) is 20.0. The monoisotopic (exact) mass is 348 g/mol. The topological polar surface area (TPSA) is 67.9 Å². The second-order valence-corrected chi connectivity index (χ2v) is 6.14. The van der Waals surface area contributed by atoms with Crippen LogP contribution in [0, 0.1) is 0 Å². The van der Waals surface area contributed by atoms with Gasteiger partial charge in [-0.1, -0.05) is 0 Å². The van der Waals surface area contributed by atoms with Gasteiger partial charge in [-0.25, -0.2) is 0 Å². The Morgan fingerprint density at radius 1 is 1.04 bits per heavy atom. The summed E-state index contributed by atoms with van der Waals surface area (Å²) < 4.78 is 38.1. The average molecular weight is 348 g/mol. The second-order valence-electron chi connectivity index (χ2n) is 6.14. The van der Waals surface area contributed by atoms with Crippen molar-refractivity contribution in [3.8, 4) is 0 Å². The molecule has 2 aliphatic heterocycles. The van der Waals surface area contributed by atoms with Gasteiger partial charge in [-0.3, -0.25) is 0 Å². The molecular formula is C17H32O7. The highest BCUT2D eigenvalue weighted by molar-refractivity contribution is 4.68.